The maximum absolute atomic E-state index is 14.1. The molecule has 0 bridgehead atoms. The number of rotatable bonds is 6. The van der Waals surface area contributed by atoms with E-state index in [9.17, 15) is 4.39 Å². The Hall–Kier alpha value is -0.410. The molecule has 1 nitrogen and oxygen atoms in total. The van der Waals surface area contributed by atoms with Gasteiger partial charge in [-0.1, -0.05) is 48.5 Å². The van der Waals surface area contributed by atoms with Crippen molar-refractivity contribution in [2.45, 2.75) is 64.3 Å². The SMILES string of the molecule is CCCNC(Cc1cc(Br)ccc1F)C1CCCCCC1. The molecule has 2 rings (SSSR count). The van der Waals surface area contributed by atoms with Crippen LogP contribution in [0.2, 0.25) is 0 Å². The van der Waals surface area contributed by atoms with Crippen molar-refractivity contribution in [3.8, 4) is 0 Å². The standard InChI is InChI=1S/C18H27BrFN/c1-2-11-21-18(14-7-5-3-4-6-8-14)13-15-12-16(19)9-10-17(15)20/h9-10,12,14,18,21H,2-8,11,13H2,1H3. The number of halogens is 2. The van der Waals surface area contributed by atoms with Crippen LogP contribution in [0.1, 0.15) is 57.4 Å². The molecule has 1 unspecified atom stereocenters. The number of benzene rings is 1. The zero-order valence-electron chi connectivity index (χ0n) is 13.0. The molecule has 1 aromatic rings. The van der Waals surface area contributed by atoms with Gasteiger partial charge in [0, 0.05) is 10.5 Å². The van der Waals surface area contributed by atoms with Crippen molar-refractivity contribution in [3.63, 3.8) is 0 Å². The third kappa shape index (κ3) is 5.37. The molecule has 0 spiro atoms. The molecule has 0 amide bonds. The monoisotopic (exact) mass is 355 g/mol. The molecule has 0 aliphatic heterocycles. The minimum absolute atomic E-state index is 0.0740. The lowest BCUT2D eigenvalue weighted by Gasteiger charge is -2.28. The largest absolute Gasteiger partial charge is 0.313 e. The van der Waals surface area contributed by atoms with Crippen molar-refractivity contribution in [1.82, 2.24) is 5.32 Å². The minimum atomic E-state index is -0.0740. The van der Waals surface area contributed by atoms with E-state index < -0.39 is 0 Å². The smallest absolute Gasteiger partial charge is 0.126 e. The second-order valence-electron chi connectivity index (χ2n) is 6.25. The Morgan fingerprint density at radius 3 is 2.62 bits per heavy atom. The quantitative estimate of drug-likeness (QED) is 0.667. The Bertz CT molecular complexity index is 427. The van der Waals surface area contributed by atoms with Crippen molar-refractivity contribution in [3.05, 3.63) is 34.1 Å². The average molecular weight is 356 g/mol. The van der Waals surface area contributed by atoms with Gasteiger partial charge in [0.25, 0.3) is 0 Å². The van der Waals surface area contributed by atoms with Crippen LogP contribution in [0, 0.1) is 11.7 Å². The molecule has 3 heteroatoms. The molecule has 1 atom stereocenters. The first-order chi connectivity index (χ1) is 10.2. The second-order valence-corrected chi connectivity index (χ2v) is 7.17. The third-order valence-electron chi connectivity index (χ3n) is 4.57. The predicted molar refractivity (Wildman–Crippen MR) is 91.1 cm³/mol. The molecule has 0 radical (unpaired) electrons. The summed E-state index contributed by atoms with van der Waals surface area (Å²) in [6.07, 6.45) is 9.89. The lowest BCUT2D eigenvalue weighted by atomic mass is 9.87. The Morgan fingerprint density at radius 1 is 1.24 bits per heavy atom. The predicted octanol–water partition coefficient (Wildman–Crippen LogP) is 5.47. The lowest BCUT2D eigenvalue weighted by molar-refractivity contribution is 0.315. The number of nitrogens with one attached hydrogen (secondary N) is 1. The fourth-order valence-electron chi connectivity index (χ4n) is 3.39. The summed E-state index contributed by atoms with van der Waals surface area (Å²) in [7, 11) is 0. The van der Waals surface area contributed by atoms with Crippen LogP contribution in [0.3, 0.4) is 0 Å². The van der Waals surface area contributed by atoms with E-state index >= 15 is 0 Å². The van der Waals surface area contributed by atoms with Crippen molar-refractivity contribution in [2.24, 2.45) is 5.92 Å². The van der Waals surface area contributed by atoms with Crippen LogP contribution < -0.4 is 5.32 Å². The van der Waals surface area contributed by atoms with Gasteiger partial charge in [0.2, 0.25) is 0 Å². The summed E-state index contributed by atoms with van der Waals surface area (Å²) in [4.78, 5) is 0. The van der Waals surface area contributed by atoms with Crippen LogP contribution in [0.5, 0.6) is 0 Å². The van der Waals surface area contributed by atoms with Crippen LogP contribution in [0.15, 0.2) is 22.7 Å². The first kappa shape index (κ1) is 17.0. The highest BCUT2D eigenvalue weighted by molar-refractivity contribution is 9.10. The Morgan fingerprint density at radius 2 is 1.95 bits per heavy atom. The molecule has 0 aromatic heterocycles. The molecule has 21 heavy (non-hydrogen) atoms. The summed E-state index contributed by atoms with van der Waals surface area (Å²) in [6.45, 7) is 3.22. The Labute approximate surface area is 136 Å². The van der Waals surface area contributed by atoms with E-state index in [4.69, 9.17) is 0 Å². The van der Waals surface area contributed by atoms with E-state index in [1.54, 1.807) is 12.1 Å². The van der Waals surface area contributed by atoms with Crippen molar-refractivity contribution >= 4 is 15.9 Å². The zero-order valence-corrected chi connectivity index (χ0v) is 14.6. The second kappa shape index (κ2) is 8.89. The molecule has 1 saturated carbocycles. The Kier molecular flexibility index (Phi) is 7.18. The van der Waals surface area contributed by atoms with Crippen LogP contribution >= 0.6 is 15.9 Å². The summed E-state index contributed by atoms with van der Waals surface area (Å²) in [5.74, 6) is 0.618. The topological polar surface area (TPSA) is 12.0 Å². The van der Waals surface area contributed by atoms with Gasteiger partial charge < -0.3 is 5.32 Å². The third-order valence-corrected chi connectivity index (χ3v) is 5.07. The van der Waals surface area contributed by atoms with E-state index in [0.717, 1.165) is 29.4 Å². The molecule has 1 aliphatic carbocycles. The average Bonchev–Trinajstić information content (AvgIpc) is 2.76. The van der Waals surface area contributed by atoms with Crippen LogP contribution in [0.25, 0.3) is 0 Å². The maximum Gasteiger partial charge on any atom is 0.126 e. The highest BCUT2D eigenvalue weighted by atomic mass is 79.9. The van der Waals surface area contributed by atoms with Gasteiger partial charge in [-0.2, -0.15) is 0 Å². The Balaban J connectivity index is 2.08. The maximum atomic E-state index is 14.1. The van der Waals surface area contributed by atoms with Crippen LogP contribution in [0.4, 0.5) is 4.39 Å². The summed E-state index contributed by atoms with van der Waals surface area (Å²) in [5, 5.41) is 3.68. The fraction of sp³-hybridized carbons (Fsp3) is 0.667. The molecule has 0 heterocycles. The normalized spacial score (nSPS) is 18.4. The van der Waals surface area contributed by atoms with Crippen LogP contribution in [-0.2, 0) is 6.42 Å². The van der Waals surface area contributed by atoms with Crippen molar-refractivity contribution in [2.75, 3.05) is 6.54 Å². The number of hydrogen-bond donors (Lipinski definition) is 1. The summed E-state index contributed by atoms with van der Waals surface area (Å²) in [6, 6.07) is 5.70. The van der Waals surface area contributed by atoms with Gasteiger partial charge in [0.15, 0.2) is 0 Å². The lowest BCUT2D eigenvalue weighted by Crippen LogP contribution is -2.38. The molecule has 1 aromatic carbocycles. The molecule has 1 fully saturated rings. The van der Waals surface area contributed by atoms with Gasteiger partial charge in [-0.3, -0.25) is 0 Å². The first-order valence-corrected chi connectivity index (χ1v) is 9.17. The summed E-state index contributed by atoms with van der Waals surface area (Å²) < 4.78 is 15.0. The molecule has 118 valence electrons. The molecule has 1 N–H and O–H groups in total. The highest BCUT2D eigenvalue weighted by Gasteiger charge is 2.23. The molecular weight excluding hydrogens is 329 g/mol. The minimum Gasteiger partial charge on any atom is -0.313 e. The van der Waals surface area contributed by atoms with Gasteiger partial charge >= 0.3 is 0 Å². The fourth-order valence-corrected chi connectivity index (χ4v) is 3.79. The van der Waals surface area contributed by atoms with E-state index in [2.05, 4.69) is 28.2 Å². The zero-order chi connectivity index (χ0) is 15.1. The molecule has 1 aliphatic rings. The van der Waals surface area contributed by atoms with E-state index in [-0.39, 0.29) is 5.82 Å². The van der Waals surface area contributed by atoms with E-state index in [1.165, 1.54) is 38.5 Å². The van der Waals surface area contributed by atoms with Crippen molar-refractivity contribution < 1.29 is 4.39 Å². The van der Waals surface area contributed by atoms with Gasteiger partial charge in [-0.05, 0) is 61.9 Å². The van der Waals surface area contributed by atoms with Crippen LogP contribution in [-0.4, -0.2) is 12.6 Å². The van der Waals surface area contributed by atoms with Gasteiger partial charge in [-0.25, -0.2) is 4.39 Å². The van der Waals surface area contributed by atoms with E-state index in [0.29, 0.717) is 12.0 Å². The van der Waals surface area contributed by atoms with Gasteiger partial charge in [-0.15, -0.1) is 0 Å². The molecular formula is C18H27BrFN. The highest BCUT2D eigenvalue weighted by Crippen LogP contribution is 2.28. The molecule has 0 saturated heterocycles. The van der Waals surface area contributed by atoms with Gasteiger partial charge in [0.05, 0.1) is 0 Å². The van der Waals surface area contributed by atoms with Gasteiger partial charge in [0.1, 0.15) is 5.82 Å². The number of hydrogen-bond acceptors (Lipinski definition) is 1. The van der Waals surface area contributed by atoms with Crippen molar-refractivity contribution in [1.29, 1.82) is 0 Å². The summed E-state index contributed by atoms with van der Waals surface area (Å²) >= 11 is 3.46. The first-order valence-electron chi connectivity index (χ1n) is 8.38. The van der Waals surface area contributed by atoms with E-state index in [1.807, 2.05) is 6.07 Å². The summed E-state index contributed by atoms with van der Waals surface area (Å²) in [5.41, 5.74) is 0.835.